The van der Waals surface area contributed by atoms with Gasteiger partial charge < -0.3 is 15.6 Å². The molecule has 2 rings (SSSR count). The summed E-state index contributed by atoms with van der Waals surface area (Å²) in [7, 11) is 0. The van der Waals surface area contributed by atoms with Gasteiger partial charge in [0, 0.05) is 11.1 Å². The van der Waals surface area contributed by atoms with Crippen LogP contribution in [-0.2, 0) is 0 Å². The molecule has 2 aromatic carbocycles. The molecule has 0 aromatic heterocycles. The van der Waals surface area contributed by atoms with E-state index in [1.165, 1.54) is 31.2 Å². The standard InChI is InChI=1S/C15H13F3N2O4/c1-8-2-7-11(14(21)13(8)20(22)23)12(19)9-3-5-10(6-4-9)24-15(16,17)18/h2-7,12,21H,19H2,1H3/t12-/m1/s1. The van der Waals surface area contributed by atoms with Gasteiger partial charge in [-0.3, -0.25) is 10.1 Å². The topological polar surface area (TPSA) is 98.6 Å². The highest BCUT2D eigenvalue weighted by Crippen LogP contribution is 2.37. The van der Waals surface area contributed by atoms with Gasteiger partial charge in [-0.15, -0.1) is 13.2 Å². The number of phenols is 1. The van der Waals surface area contributed by atoms with Crippen LogP contribution in [-0.4, -0.2) is 16.4 Å². The number of hydrogen-bond donors (Lipinski definition) is 2. The number of phenolic OH excluding ortho intramolecular Hbond substituents is 1. The lowest BCUT2D eigenvalue weighted by atomic mass is 9.96. The van der Waals surface area contributed by atoms with Crippen LogP contribution in [0.2, 0.25) is 0 Å². The van der Waals surface area contributed by atoms with Crippen molar-refractivity contribution in [3.8, 4) is 11.5 Å². The average molecular weight is 342 g/mol. The maximum absolute atomic E-state index is 12.1. The van der Waals surface area contributed by atoms with Crippen LogP contribution in [0.15, 0.2) is 36.4 Å². The maximum Gasteiger partial charge on any atom is 0.573 e. The van der Waals surface area contributed by atoms with Gasteiger partial charge in [0.05, 0.1) is 11.0 Å². The van der Waals surface area contributed by atoms with Crippen LogP contribution in [0.1, 0.15) is 22.7 Å². The predicted octanol–water partition coefficient (Wildman–Crippen LogP) is 3.56. The summed E-state index contributed by atoms with van der Waals surface area (Å²) in [5.41, 5.74) is 6.23. The van der Waals surface area contributed by atoms with Crippen LogP contribution < -0.4 is 10.5 Å². The van der Waals surface area contributed by atoms with Crippen molar-refractivity contribution in [2.45, 2.75) is 19.3 Å². The molecule has 128 valence electrons. The number of nitrogens with zero attached hydrogens (tertiary/aromatic N) is 1. The van der Waals surface area contributed by atoms with Crippen molar-refractivity contribution in [1.82, 2.24) is 0 Å². The second-order valence-corrected chi connectivity index (χ2v) is 5.02. The van der Waals surface area contributed by atoms with Gasteiger partial charge >= 0.3 is 12.0 Å². The normalized spacial score (nSPS) is 12.7. The minimum atomic E-state index is -4.81. The molecule has 3 N–H and O–H groups in total. The molecule has 9 heteroatoms. The molecule has 1 atom stereocenters. The molecule has 0 amide bonds. The number of benzene rings is 2. The van der Waals surface area contributed by atoms with Crippen molar-refractivity contribution < 1.29 is 27.9 Å². The van der Waals surface area contributed by atoms with Crippen molar-refractivity contribution in [1.29, 1.82) is 0 Å². The Morgan fingerprint density at radius 2 is 1.79 bits per heavy atom. The largest absolute Gasteiger partial charge is 0.573 e. The van der Waals surface area contributed by atoms with Gasteiger partial charge in [-0.05, 0) is 24.6 Å². The first kappa shape index (κ1) is 17.5. The van der Waals surface area contributed by atoms with E-state index in [2.05, 4.69) is 4.74 Å². The van der Waals surface area contributed by atoms with E-state index in [9.17, 15) is 28.4 Å². The van der Waals surface area contributed by atoms with Crippen LogP contribution in [0.3, 0.4) is 0 Å². The van der Waals surface area contributed by atoms with Crippen LogP contribution in [0.5, 0.6) is 11.5 Å². The zero-order chi connectivity index (χ0) is 18.1. The fourth-order valence-electron chi connectivity index (χ4n) is 2.23. The van der Waals surface area contributed by atoms with E-state index < -0.39 is 34.5 Å². The van der Waals surface area contributed by atoms with E-state index in [1.54, 1.807) is 0 Å². The molecule has 6 nitrogen and oxygen atoms in total. The Labute approximate surface area is 134 Å². The SMILES string of the molecule is Cc1ccc([C@H](N)c2ccc(OC(F)(F)F)cc2)c(O)c1[N+](=O)[O-]. The van der Waals surface area contributed by atoms with Gasteiger partial charge in [0.2, 0.25) is 0 Å². The van der Waals surface area contributed by atoms with E-state index in [-0.39, 0.29) is 11.1 Å². The van der Waals surface area contributed by atoms with Gasteiger partial charge in [0.1, 0.15) is 5.75 Å². The quantitative estimate of drug-likeness (QED) is 0.654. The lowest BCUT2D eigenvalue weighted by Gasteiger charge is -2.16. The lowest BCUT2D eigenvalue weighted by molar-refractivity contribution is -0.386. The molecule has 0 radical (unpaired) electrons. The highest BCUT2D eigenvalue weighted by molar-refractivity contribution is 5.58. The molecule has 0 saturated carbocycles. The Kier molecular flexibility index (Phi) is 4.65. The summed E-state index contributed by atoms with van der Waals surface area (Å²) in [4.78, 5) is 10.3. The Morgan fingerprint density at radius 3 is 2.29 bits per heavy atom. The van der Waals surface area contributed by atoms with Crippen molar-refractivity contribution >= 4 is 5.69 Å². The zero-order valence-corrected chi connectivity index (χ0v) is 12.4. The van der Waals surface area contributed by atoms with Crippen molar-refractivity contribution in [2.75, 3.05) is 0 Å². The Bertz CT molecular complexity index is 761. The fraction of sp³-hybridized carbons (Fsp3) is 0.200. The van der Waals surface area contributed by atoms with Crippen LogP contribution in [0.4, 0.5) is 18.9 Å². The van der Waals surface area contributed by atoms with Crippen molar-refractivity contribution in [3.63, 3.8) is 0 Å². The first-order valence-electron chi connectivity index (χ1n) is 6.68. The number of hydrogen-bond acceptors (Lipinski definition) is 5. The van der Waals surface area contributed by atoms with Gasteiger partial charge in [-0.25, -0.2) is 0 Å². The second-order valence-electron chi connectivity index (χ2n) is 5.02. The summed E-state index contributed by atoms with van der Waals surface area (Å²) in [6, 6.07) is 6.64. The van der Waals surface area contributed by atoms with Crippen molar-refractivity contribution in [2.24, 2.45) is 5.73 Å². The number of rotatable bonds is 4. The van der Waals surface area contributed by atoms with E-state index in [4.69, 9.17) is 5.73 Å². The summed E-state index contributed by atoms with van der Waals surface area (Å²) >= 11 is 0. The fourth-order valence-corrected chi connectivity index (χ4v) is 2.23. The smallest absolute Gasteiger partial charge is 0.502 e. The summed E-state index contributed by atoms with van der Waals surface area (Å²) < 4.78 is 40.1. The summed E-state index contributed by atoms with van der Waals surface area (Å²) in [6.45, 7) is 1.47. The minimum Gasteiger partial charge on any atom is -0.502 e. The highest BCUT2D eigenvalue weighted by atomic mass is 19.4. The molecule has 0 saturated heterocycles. The molecule has 0 bridgehead atoms. The van der Waals surface area contributed by atoms with E-state index in [0.29, 0.717) is 5.56 Å². The number of halogens is 3. The molecule has 0 unspecified atom stereocenters. The zero-order valence-electron chi connectivity index (χ0n) is 12.4. The number of aromatic hydroxyl groups is 1. The third-order valence-electron chi connectivity index (χ3n) is 3.37. The number of alkyl halides is 3. The molecule has 0 fully saturated rings. The number of ether oxygens (including phenoxy) is 1. The number of nitro groups is 1. The third-order valence-corrected chi connectivity index (χ3v) is 3.37. The summed E-state index contributed by atoms with van der Waals surface area (Å²) in [6.07, 6.45) is -4.81. The summed E-state index contributed by atoms with van der Waals surface area (Å²) in [5, 5.41) is 21.1. The first-order valence-corrected chi connectivity index (χ1v) is 6.68. The Morgan fingerprint density at radius 1 is 1.21 bits per heavy atom. The highest BCUT2D eigenvalue weighted by Gasteiger charge is 2.31. The van der Waals surface area contributed by atoms with Crippen LogP contribution in [0, 0.1) is 17.0 Å². The summed E-state index contributed by atoms with van der Waals surface area (Å²) in [5.74, 6) is -0.985. The Balaban J connectivity index is 2.34. The van der Waals surface area contributed by atoms with Gasteiger partial charge in [0.15, 0.2) is 5.75 Å². The second kappa shape index (κ2) is 6.36. The number of aryl methyl sites for hydroxylation is 1. The Hall–Kier alpha value is -2.81. The lowest BCUT2D eigenvalue weighted by Crippen LogP contribution is -2.17. The minimum absolute atomic E-state index is 0.0942. The molecule has 0 spiro atoms. The maximum atomic E-state index is 12.1. The van der Waals surface area contributed by atoms with Gasteiger partial charge in [-0.1, -0.05) is 24.3 Å². The van der Waals surface area contributed by atoms with Crippen molar-refractivity contribution in [3.05, 3.63) is 63.2 Å². The van der Waals surface area contributed by atoms with Gasteiger partial charge in [0.25, 0.3) is 0 Å². The molecular weight excluding hydrogens is 329 g/mol. The number of nitro benzene ring substituents is 1. The van der Waals surface area contributed by atoms with E-state index >= 15 is 0 Å². The van der Waals surface area contributed by atoms with Crippen LogP contribution >= 0.6 is 0 Å². The predicted molar refractivity (Wildman–Crippen MR) is 78.7 cm³/mol. The molecule has 24 heavy (non-hydrogen) atoms. The number of nitrogens with two attached hydrogens (primary N) is 1. The molecule has 0 aliphatic heterocycles. The van der Waals surface area contributed by atoms with Crippen LogP contribution in [0.25, 0.3) is 0 Å². The molecule has 2 aromatic rings. The van der Waals surface area contributed by atoms with Gasteiger partial charge in [-0.2, -0.15) is 0 Å². The third kappa shape index (κ3) is 3.74. The molecular formula is C15H13F3N2O4. The van der Waals surface area contributed by atoms with E-state index in [1.807, 2.05) is 0 Å². The average Bonchev–Trinajstić information content (AvgIpc) is 2.45. The molecule has 0 heterocycles. The molecule has 0 aliphatic rings. The first-order chi connectivity index (χ1) is 11.1. The van der Waals surface area contributed by atoms with E-state index in [0.717, 1.165) is 12.1 Å². The monoisotopic (exact) mass is 342 g/mol. The molecule has 0 aliphatic carbocycles.